The third-order valence-corrected chi connectivity index (χ3v) is 15.2. The van der Waals surface area contributed by atoms with Gasteiger partial charge in [-0.2, -0.15) is 0 Å². The lowest BCUT2D eigenvalue weighted by molar-refractivity contribution is -0.135. The molecule has 67 heavy (non-hydrogen) atoms. The van der Waals surface area contributed by atoms with E-state index in [0.29, 0.717) is 30.0 Å². The largest absolute Gasteiger partial charge is 0.380 e. The first-order chi connectivity index (χ1) is 32.5. The predicted octanol–water partition coefficient (Wildman–Crippen LogP) is 6.18. The number of likely N-dealkylation sites (N-methyl/N-ethyl adjacent to an activating group) is 1. The van der Waals surface area contributed by atoms with Crippen molar-refractivity contribution in [3.8, 4) is 0 Å². The number of anilines is 4. The number of hydrogen-bond donors (Lipinski definition) is 4. The normalized spacial score (nSPS) is 24.5. The first kappa shape index (κ1) is 43.0. The van der Waals surface area contributed by atoms with Crippen LogP contribution in [0.25, 0.3) is 21.5 Å². The van der Waals surface area contributed by atoms with Crippen molar-refractivity contribution in [3.05, 3.63) is 107 Å². The van der Waals surface area contributed by atoms with E-state index in [-0.39, 0.29) is 54.6 Å². The van der Waals surface area contributed by atoms with Crippen LogP contribution in [0.5, 0.6) is 0 Å². The standard InChI is InChI=1S/C53H56N8O6/c1-30(54-39-9-3-4-10-40(39)55-38-19-17-36-48-34(38)7-5-11-42(48)60(52(36)66)44-21-23-46(62)56-50(44)64)27-31-13-15-32(16-14-31)28-59-26-25-33(29-59)58(2)41-20-18-37-49-35(41)8-6-12-43(49)61(53(37)67)45-22-24-47(63)57-51(45)65/h5-8,11-20,30,33,39-40,44-45,54-55H,3-4,9-10,21-29H2,1-2H3,(H,56,62,64)(H,57,63,65)/t30?,33?,39-,40-,44?,45?/m0/s1. The number of nitrogens with zero attached hydrogens (tertiary/aromatic N) is 4. The lowest BCUT2D eigenvalue weighted by atomic mass is 9.88. The Morgan fingerprint density at radius 2 is 1.24 bits per heavy atom. The lowest BCUT2D eigenvalue weighted by Gasteiger charge is -2.36. The van der Waals surface area contributed by atoms with Gasteiger partial charge >= 0.3 is 0 Å². The Morgan fingerprint density at radius 3 is 1.88 bits per heavy atom. The van der Waals surface area contributed by atoms with Crippen LogP contribution in [0.15, 0.2) is 84.9 Å². The molecule has 5 aliphatic heterocycles. The summed E-state index contributed by atoms with van der Waals surface area (Å²) in [5.74, 6) is -1.84. The smallest absolute Gasteiger partial charge is 0.259 e. The van der Waals surface area contributed by atoms with Crippen molar-refractivity contribution in [1.29, 1.82) is 0 Å². The number of piperidine rings is 2. The topological polar surface area (TPSA) is 164 Å². The SMILES string of the molecule is CC(Cc1ccc(CN2CCC(N(C)c3ccc4c5c(cccc35)N(C3CCC(=O)NC3=O)C4=O)C2)cc1)N[C@H]1CCCC[C@@H]1Nc1ccc2c3c(cccc13)N(C1CCC(=O)NC1=O)C2=O. The molecule has 14 nitrogen and oxygen atoms in total. The number of carbonyl (C=O) groups excluding carboxylic acids is 6. The summed E-state index contributed by atoms with van der Waals surface area (Å²) in [6.45, 7) is 5.04. The van der Waals surface area contributed by atoms with Gasteiger partial charge in [0.25, 0.3) is 11.8 Å². The van der Waals surface area contributed by atoms with Gasteiger partial charge in [0.1, 0.15) is 12.1 Å². The summed E-state index contributed by atoms with van der Waals surface area (Å²) in [6.07, 6.45) is 7.38. The number of amides is 6. The van der Waals surface area contributed by atoms with Gasteiger partial charge in [-0.25, -0.2) is 0 Å². The van der Waals surface area contributed by atoms with Crippen LogP contribution in [0.4, 0.5) is 22.7 Å². The summed E-state index contributed by atoms with van der Waals surface area (Å²) in [6, 6.07) is 28.3. The Kier molecular flexibility index (Phi) is 11.0. The molecule has 0 bridgehead atoms. The number of likely N-dealkylation sites (tertiary alicyclic amines) is 1. The van der Waals surface area contributed by atoms with Gasteiger partial charge < -0.3 is 15.5 Å². The molecule has 6 atom stereocenters. The van der Waals surface area contributed by atoms with Gasteiger partial charge in [-0.15, -0.1) is 0 Å². The van der Waals surface area contributed by atoms with Gasteiger partial charge in [0.2, 0.25) is 23.6 Å². The second-order valence-electron chi connectivity index (χ2n) is 19.5. The fourth-order valence-corrected chi connectivity index (χ4v) is 11.9. The van der Waals surface area contributed by atoms with Crippen molar-refractivity contribution in [2.75, 3.05) is 40.2 Å². The Hall–Kier alpha value is -6.64. The van der Waals surface area contributed by atoms with Gasteiger partial charge in [-0.3, -0.25) is 54.1 Å². The first-order valence-electron chi connectivity index (χ1n) is 24.0. The van der Waals surface area contributed by atoms with Crippen molar-refractivity contribution in [2.45, 2.75) is 114 Å². The Balaban J connectivity index is 0.708. The van der Waals surface area contributed by atoms with E-state index in [1.54, 1.807) is 9.80 Å². The van der Waals surface area contributed by atoms with Gasteiger partial charge in [0, 0.05) is 96.6 Å². The van der Waals surface area contributed by atoms with Gasteiger partial charge in [-0.1, -0.05) is 61.4 Å². The van der Waals surface area contributed by atoms with Crippen molar-refractivity contribution >= 4 is 79.7 Å². The van der Waals surface area contributed by atoms with E-state index in [0.717, 1.165) is 96.0 Å². The second kappa shape index (κ2) is 17.2. The van der Waals surface area contributed by atoms with Crippen molar-refractivity contribution < 1.29 is 28.8 Å². The summed E-state index contributed by atoms with van der Waals surface area (Å²) < 4.78 is 0. The summed E-state index contributed by atoms with van der Waals surface area (Å²) in [4.78, 5) is 84.9. The summed E-state index contributed by atoms with van der Waals surface area (Å²) >= 11 is 0. The van der Waals surface area contributed by atoms with Crippen LogP contribution in [0.2, 0.25) is 0 Å². The molecule has 5 heterocycles. The molecule has 4 fully saturated rings. The molecule has 1 aliphatic carbocycles. The lowest BCUT2D eigenvalue weighted by Crippen LogP contribution is -2.53. The maximum absolute atomic E-state index is 13.7. The number of rotatable bonds is 12. The van der Waals surface area contributed by atoms with E-state index in [9.17, 15) is 28.8 Å². The molecule has 6 aliphatic rings. The molecule has 14 heteroatoms. The van der Waals surface area contributed by atoms with E-state index in [1.165, 1.54) is 17.5 Å². The molecule has 3 saturated heterocycles. The zero-order chi connectivity index (χ0) is 46.1. The quantitative estimate of drug-likeness (QED) is 0.107. The van der Waals surface area contributed by atoms with Crippen molar-refractivity contribution in [2.24, 2.45) is 0 Å². The summed E-state index contributed by atoms with van der Waals surface area (Å²) in [7, 11) is 2.14. The number of nitrogens with one attached hydrogen (secondary N) is 4. The molecule has 344 valence electrons. The van der Waals surface area contributed by atoms with Gasteiger partial charge in [0.05, 0.1) is 22.5 Å². The van der Waals surface area contributed by atoms with E-state index < -0.39 is 23.9 Å². The highest BCUT2D eigenvalue weighted by atomic mass is 16.2. The molecule has 5 aromatic rings. The van der Waals surface area contributed by atoms with Crippen molar-refractivity contribution in [1.82, 2.24) is 20.9 Å². The molecular weight excluding hydrogens is 845 g/mol. The van der Waals surface area contributed by atoms with Crippen LogP contribution in [-0.4, -0.2) is 96.7 Å². The Labute approximate surface area is 389 Å². The molecule has 11 rings (SSSR count). The van der Waals surface area contributed by atoms with Crippen LogP contribution in [0.3, 0.4) is 0 Å². The maximum Gasteiger partial charge on any atom is 0.259 e. The molecule has 0 spiro atoms. The third kappa shape index (κ3) is 7.69. The van der Waals surface area contributed by atoms with Gasteiger partial charge in [0.15, 0.2) is 0 Å². The molecule has 5 aromatic carbocycles. The minimum atomic E-state index is -0.712. The maximum atomic E-state index is 13.7. The average Bonchev–Trinajstić information content (AvgIpc) is 3.99. The van der Waals surface area contributed by atoms with Gasteiger partial charge in [-0.05, 0) is 93.0 Å². The van der Waals surface area contributed by atoms with Crippen LogP contribution >= 0.6 is 0 Å². The number of carbonyl (C=O) groups is 6. The minimum Gasteiger partial charge on any atom is -0.380 e. The van der Waals surface area contributed by atoms with Crippen LogP contribution in [0, 0.1) is 0 Å². The molecule has 0 aromatic heterocycles. The fourth-order valence-electron chi connectivity index (χ4n) is 11.9. The molecule has 4 N–H and O–H groups in total. The summed E-state index contributed by atoms with van der Waals surface area (Å²) in [5, 5.41) is 16.4. The van der Waals surface area contributed by atoms with Crippen LogP contribution in [0.1, 0.15) is 96.6 Å². The fraction of sp³-hybridized carbons (Fsp3) is 0.396. The highest BCUT2D eigenvalue weighted by Gasteiger charge is 2.43. The molecule has 4 unspecified atom stereocenters. The minimum absolute atomic E-state index is 0.195. The number of imide groups is 2. The zero-order valence-electron chi connectivity index (χ0n) is 38.0. The highest BCUT2D eigenvalue weighted by molar-refractivity contribution is 6.29. The molecule has 1 saturated carbocycles. The average molecular weight is 901 g/mol. The third-order valence-electron chi connectivity index (χ3n) is 15.2. The van der Waals surface area contributed by atoms with E-state index >= 15 is 0 Å². The van der Waals surface area contributed by atoms with Crippen LogP contribution in [-0.2, 0) is 32.1 Å². The highest BCUT2D eigenvalue weighted by Crippen LogP contribution is 2.45. The predicted molar refractivity (Wildman–Crippen MR) is 258 cm³/mol. The number of benzene rings is 5. The molecule has 6 amide bonds. The second-order valence-corrected chi connectivity index (χ2v) is 19.5. The van der Waals surface area contributed by atoms with E-state index in [4.69, 9.17) is 0 Å². The van der Waals surface area contributed by atoms with E-state index in [2.05, 4.69) is 75.4 Å². The Bertz CT molecular complexity index is 2880. The first-order valence-corrected chi connectivity index (χ1v) is 24.0. The van der Waals surface area contributed by atoms with Crippen LogP contribution < -0.4 is 36.0 Å². The van der Waals surface area contributed by atoms with Crippen molar-refractivity contribution in [3.63, 3.8) is 0 Å². The summed E-state index contributed by atoms with van der Waals surface area (Å²) in [5.41, 5.74) is 7.26. The Morgan fingerprint density at radius 1 is 0.657 bits per heavy atom. The monoisotopic (exact) mass is 900 g/mol. The zero-order valence-corrected chi connectivity index (χ0v) is 38.0. The number of hydrogen-bond acceptors (Lipinski definition) is 10. The van der Waals surface area contributed by atoms with E-state index in [1.807, 2.05) is 54.6 Å². The molecule has 0 radical (unpaired) electrons. The molecular formula is C53H56N8O6.